The predicted molar refractivity (Wildman–Crippen MR) is 68.9 cm³/mol. The molecule has 4 saturated carbocycles. The number of fused-ring (bicyclic) bond motifs is 5. The molecular weight excluding hydrogens is 222 g/mol. The first kappa shape index (κ1) is 10.0. The number of hydrogen-bond acceptors (Lipinski definition) is 2. The maximum Gasteiger partial charge on any atom is 0.0951 e. The third-order valence-corrected chi connectivity index (χ3v) is 5.91. The van der Waals surface area contributed by atoms with Crippen LogP contribution in [0.3, 0.4) is 0 Å². The van der Waals surface area contributed by atoms with Crippen molar-refractivity contribution in [1.29, 1.82) is 0 Å². The lowest BCUT2D eigenvalue weighted by Gasteiger charge is -2.13. The molecule has 0 radical (unpaired) electrons. The highest BCUT2D eigenvalue weighted by Crippen LogP contribution is 2.71. The zero-order chi connectivity index (χ0) is 11.7. The van der Waals surface area contributed by atoms with Gasteiger partial charge in [-0.05, 0) is 55.8 Å². The summed E-state index contributed by atoms with van der Waals surface area (Å²) in [5.74, 6) is 4.13. The molecule has 18 heavy (non-hydrogen) atoms. The Morgan fingerprint density at radius 1 is 1.17 bits per heavy atom. The number of nitrogens with one attached hydrogen (secondary N) is 1. The van der Waals surface area contributed by atoms with Crippen molar-refractivity contribution < 1.29 is 0 Å². The van der Waals surface area contributed by atoms with Crippen molar-refractivity contribution in [2.75, 3.05) is 0 Å². The van der Waals surface area contributed by atoms with E-state index in [1.54, 1.807) is 0 Å². The molecule has 0 aliphatic heterocycles. The predicted octanol–water partition coefficient (Wildman–Crippen LogP) is 2.35. The summed E-state index contributed by atoms with van der Waals surface area (Å²) in [6, 6.07) is 1.61. The van der Waals surface area contributed by atoms with Gasteiger partial charge in [-0.25, -0.2) is 4.98 Å². The van der Waals surface area contributed by atoms with E-state index in [1.807, 2.05) is 0 Å². The third-order valence-electron chi connectivity index (χ3n) is 5.91. The van der Waals surface area contributed by atoms with Crippen LogP contribution in [-0.2, 0) is 6.54 Å². The van der Waals surface area contributed by atoms with Crippen molar-refractivity contribution in [3.8, 4) is 0 Å². The van der Waals surface area contributed by atoms with Crippen molar-refractivity contribution in [2.45, 2.75) is 50.7 Å². The molecule has 0 saturated heterocycles. The Hall–Kier alpha value is -0.830. The molecule has 0 aromatic carbocycles. The van der Waals surface area contributed by atoms with Crippen molar-refractivity contribution >= 4 is 0 Å². The van der Waals surface area contributed by atoms with Gasteiger partial charge in [0, 0.05) is 24.8 Å². The number of rotatable bonds is 4. The first-order valence-electron chi connectivity index (χ1n) is 7.66. The fraction of sp³-hybridized carbons (Fsp3) is 0.800. The molecule has 1 aromatic rings. The second kappa shape index (κ2) is 3.38. The Labute approximate surface area is 108 Å². The monoisotopic (exact) mass is 243 g/mol. The van der Waals surface area contributed by atoms with Crippen LogP contribution in [0.4, 0.5) is 0 Å². The fourth-order valence-corrected chi connectivity index (χ4v) is 4.92. The molecule has 3 nitrogen and oxygen atoms in total. The molecule has 4 aliphatic carbocycles. The van der Waals surface area contributed by atoms with E-state index >= 15 is 0 Å². The van der Waals surface area contributed by atoms with E-state index < -0.39 is 0 Å². The first-order valence-corrected chi connectivity index (χ1v) is 7.66. The molecule has 96 valence electrons. The molecular formula is C15H21N3. The second-order valence-corrected chi connectivity index (χ2v) is 6.93. The molecule has 5 rings (SSSR count). The minimum Gasteiger partial charge on any atom is -0.330 e. The quantitative estimate of drug-likeness (QED) is 0.879. The number of aromatic nitrogens is 2. The van der Waals surface area contributed by atoms with Crippen LogP contribution in [0.15, 0.2) is 12.5 Å². The van der Waals surface area contributed by atoms with Crippen molar-refractivity contribution in [1.82, 2.24) is 14.9 Å². The zero-order valence-corrected chi connectivity index (χ0v) is 10.8. The van der Waals surface area contributed by atoms with Gasteiger partial charge >= 0.3 is 0 Å². The molecule has 1 N–H and O–H groups in total. The van der Waals surface area contributed by atoms with Gasteiger partial charge in [-0.1, -0.05) is 0 Å². The molecule has 0 spiro atoms. The topological polar surface area (TPSA) is 29.9 Å². The van der Waals surface area contributed by atoms with Crippen molar-refractivity contribution in [3.63, 3.8) is 0 Å². The highest BCUT2D eigenvalue weighted by molar-refractivity contribution is 5.18. The summed E-state index contributed by atoms with van der Waals surface area (Å²) >= 11 is 0. The molecule has 1 aromatic heterocycles. The van der Waals surface area contributed by atoms with Crippen molar-refractivity contribution in [2.24, 2.45) is 23.7 Å². The van der Waals surface area contributed by atoms with E-state index in [1.165, 1.54) is 37.8 Å². The van der Waals surface area contributed by atoms with Gasteiger partial charge in [-0.15, -0.1) is 0 Å². The molecule has 1 heterocycles. The SMILES string of the molecule is c1ncn(C2C3C4CCC(C4)C32)c1CNC1CC1. The number of hydrogen-bond donors (Lipinski definition) is 1. The Kier molecular flexibility index (Phi) is 1.88. The largest absolute Gasteiger partial charge is 0.330 e. The van der Waals surface area contributed by atoms with Gasteiger partial charge < -0.3 is 9.88 Å². The molecule has 4 aliphatic rings. The van der Waals surface area contributed by atoms with Gasteiger partial charge in [0.15, 0.2) is 0 Å². The minimum atomic E-state index is 0.795. The van der Waals surface area contributed by atoms with Gasteiger partial charge in [0.1, 0.15) is 0 Å². The molecule has 4 fully saturated rings. The van der Waals surface area contributed by atoms with Crippen molar-refractivity contribution in [3.05, 3.63) is 18.2 Å². The van der Waals surface area contributed by atoms with Crippen LogP contribution in [0, 0.1) is 23.7 Å². The Bertz CT molecular complexity index is 460. The normalized spacial score (nSPS) is 44.3. The average Bonchev–Trinajstić information content (AvgIpc) is 3.22. The van der Waals surface area contributed by atoms with Gasteiger partial charge in [-0.2, -0.15) is 0 Å². The second-order valence-electron chi connectivity index (χ2n) is 6.93. The standard InChI is InChI=1S/C15H21N3/c1-2-10-5-9(1)13-14(10)15(13)18-8-16-6-12(18)7-17-11-3-4-11/h6,8-11,13-15,17H,1-5,7H2. The van der Waals surface area contributed by atoms with E-state index in [0.29, 0.717) is 0 Å². The summed E-state index contributed by atoms with van der Waals surface area (Å²) in [5, 5.41) is 3.62. The van der Waals surface area contributed by atoms with Gasteiger partial charge in [0.25, 0.3) is 0 Å². The van der Waals surface area contributed by atoms with Gasteiger partial charge in [0.2, 0.25) is 0 Å². The smallest absolute Gasteiger partial charge is 0.0951 e. The van der Waals surface area contributed by atoms with Crippen LogP contribution < -0.4 is 5.32 Å². The number of imidazole rings is 1. The number of nitrogens with zero attached hydrogens (tertiary/aromatic N) is 2. The first-order chi connectivity index (χ1) is 8.92. The lowest BCUT2D eigenvalue weighted by molar-refractivity contribution is 0.443. The van der Waals surface area contributed by atoms with E-state index in [0.717, 1.165) is 42.3 Å². The van der Waals surface area contributed by atoms with E-state index in [2.05, 4.69) is 27.4 Å². The van der Waals surface area contributed by atoms with E-state index in [4.69, 9.17) is 0 Å². The minimum absolute atomic E-state index is 0.795. The summed E-state index contributed by atoms with van der Waals surface area (Å²) in [7, 11) is 0. The molecule has 2 bridgehead atoms. The van der Waals surface area contributed by atoms with Crippen LogP contribution in [0.5, 0.6) is 0 Å². The zero-order valence-electron chi connectivity index (χ0n) is 10.8. The maximum atomic E-state index is 4.40. The molecule has 3 heteroatoms. The van der Waals surface area contributed by atoms with Crippen LogP contribution in [0.2, 0.25) is 0 Å². The summed E-state index contributed by atoms with van der Waals surface area (Å²) in [4.78, 5) is 4.40. The Morgan fingerprint density at radius 2 is 1.94 bits per heavy atom. The fourth-order valence-electron chi connectivity index (χ4n) is 4.92. The average molecular weight is 243 g/mol. The molecule has 0 amide bonds. The lowest BCUT2D eigenvalue weighted by atomic mass is 10.0. The lowest BCUT2D eigenvalue weighted by Crippen LogP contribution is -2.18. The van der Waals surface area contributed by atoms with Crippen LogP contribution in [-0.4, -0.2) is 15.6 Å². The van der Waals surface area contributed by atoms with Crippen LogP contribution >= 0.6 is 0 Å². The summed E-state index contributed by atoms with van der Waals surface area (Å²) in [5.41, 5.74) is 1.42. The summed E-state index contributed by atoms with van der Waals surface area (Å²) in [6.45, 7) is 1.02. The van der Waals surface area contributed by atoms with Crippen LogP contribution in [0.1, 0.15) is 43.8 Å². The molecule has 4 atom stereocenters. The van der Waals surface area contributed by atoms with Crippen LogP contribution in [0.25, 0.3) is 0 Å². The summed E-state index contributed by atoms with van der Waals surface area (Å²) in [6.07, 6.45) is 11.5. The molecule has 4 unspecified atom stereocenters. The highest BCUT2D eigenvalue weighted by Gasteiger charge is 2.65. The highest BCUT2D eigenvalue weighted by atomic mass is 15.2. The Morgan fingerprint density at radius 3 is 2.67 bits per heavy atom. The van der Waals surface area contributed by atoms with Gasteiger partial charge in [-0.3, -0.25) is 0 Å². The Balaban J connectivity index is 1.36. The van der Waals surface area contributed by atoms with Gasteiger partial charge in [0.05, 0.1) is 12.0 Å². The van der Waals surface area contributed by atoms with E-state index in [-0.39, 0.29) is 0 Å². The summed E-state index contributed by atoms with van der Waals surface area (Å²) < 4.78 is 2.51. The maximum absolute atomic E-state index is 4.40. The third kappa shape index (κ3) is 1.31. The van der Waals surface area contributed by atoms with E-state index in [9.17, 15) is 0 Å².